The van der Waals surface area contributed by atoms with Gasteiger partial charge in [0.25, 0.3) is 0 Å². The lowest BCUT2D eigenvalue weighted by molar-refractivity contribution is 0.287. The maximum absolute atomic E-state index is 5.85. The molecule has 0 fully saturated rings. The van der Waals surface area contributed by atoms with Gasteiger partial charge < -0.3 is 9.47 Å². The van der Waals surface area contributed by atoms with Crippen LogP contribution in [0.1, 0.15) is 31.2 Å². The molecule has 0 amide bonds. The molecule has 4 rings (SSSR count). The summed E-state index contributed by atoms with van der Waals surface area (Å²) >= 11 is 0. The van der Waals surface area contributed by atoms with Crippen molar-refractivity contribution in [3.05, 3.63) is 109 Å². The summed E-state index contributed by atoms with van der Waals surface area (Å²) in [6.45, 7) is 3.45. The summed E-state index contributed by atoms with van der Waals surface area (Å²) in [6.07, 6.45) is 4.22. The summed E-state index contributed by atoms with van der Waals surface area (Å²) in [5, 5.41) is 17.0. The van der Waals surface area contributed by atoms with E-state index in [1.807, 2.05) is 103 Å². The Morgan fingerprint density at radius 1 is 0.432 bits per heavy atom. The average molecular weight is 493 g/mol. The number of ether oxygens (including phenoxy) is 2. The van der Waals surface area contributed by atoms with E-state index in [-0.39, 0.29) is 0 Å². The van der Waals surface area contributed by atoms with Crippen LogP contribution in [0.25, 0.3) is 0 Å². The topological polar surface area (TPSA) is 67.9 Å². The first-order chi connectivity index (χ1) is 18.2. The van der Waals surface area contributed by atoms with Gasteiger partial charge in [0.15, 0.2) is 0 Å². The van der Waals surface area contributed by atoms with E-state index in [9.17, 15) is 0 Å². The maximum atomic E-state index is 5.85. The largest absolute Gasteiger partial charge is 0.494 e. The average Bonchev–Trinajstić information content (AvgIpc) is 2.95. The lowest BCUT2D eigenvalue weighted by Crippen LogP contribution is -1.99. The molecule has 0 aliphatic heterocycles. The van der Waals surface area contributed by atoms with Crippen molar-refractivity contribution in [2.45, 2.75) is 32.6 Å². The molecule has 0 saturated heterocycles. The van der Waals surface area contributed by atoms with Crippen LogP contribution in [0.4, 0.5) is 22.7 Å². The predicted molar refractivity (Wildman–Crippen MR) is 148 cm³/mol. The minimum Gasteiger partial charge on any atom is -0.494 e. The van der Waals surface area contributed by atoms with E-state index in [2.05, 4.69) is 27.4 Å². The third kappa shape index (κ3) is 9.33. The number of rotatable bonds is 13. The zero-order valence-electron chi connectivity index (χ0n) is 21.2. The quantitative estimate of drug-likeness (QED) is 0.138. The summed E-state index contributed by atoms with van der Waals surface area (Å²) in [6, 6.07) is 33.1. The molecule has 6 heteroatoms. The van der Waals surface area contributed by atoms with Gasteiger partial charge in [-0.15, -0.1) is 0 Å². The standard InChI is InChI=1S/C31H32N4O2/c1-25-11-13-27(14-12-25)33-35-29-17-21-31(22-18-29)37-24-8-3-2-7-23-36-30-19-15-28(16-20-30)34-32-26-9-5-4-6-10-26/h4-6,9-22H,2-3,7-8,23-24H2,1H3. The highest BCUT2D eigenvalue weighted by Gasteiger charge is 1.98. The smallest absolute Gasteiger partial charge is 0.119 e. The fraction of sp³-hybridized carbons (Fsp3) is 0.226. The van der Waals surface area contributed by atoms with Gasteiger partial charge in [-0.3, -0.25) is 0 Å². The molecule has 0 spiro atoms. The summed E-state index contributed by atoms with van der Waals surface area (Å²) < 4.78 is 11.7. The fourth-order valence-electron chi connectivity index (χ4n) is 3.49. The number of aryl methyl sites for hydroxylation is 1. The van der Waals surface area contributed by atoms with Crippen LogP contribution in [0.5, 0.6) is 11.5 Å². The molecule has 0 N–H and O–H groups in total. The van der Waals surface area contributed by atoms with Gasteiger partial charge in [-0.1, -0.05) is 35.9 Å². The normalized spacial score (nSPS) is 11.3. The number of nitrogens with zero attached hydrogens (tertiary/aromatic N) is 4. The molecule has 37 heavy (non-hydrogen) atoms. The predicted octanol–water partition coefficient (Wildman–Crippen LogP) is 9.84. The van der Waals surface area contributed by atoms with E-state index in [4.69, 9.17) is 9.47 Å². The zero-order valence-corrected chi connectivity index (χ0v) is 21.2. The molecule has 0 heterocycles. The minimum absolute atomic E-state index is 0.698. The summed E-state index contributed by atoms with van der Waals surface area (Å²) in [4.78, 5) is 0. The van der Waals surface area contributed by atoms with E-state index in [0.29, 0.717) is 13.2 Å². The number of unbranched alkanes of at least 4 members (excludes halogenated alkanes) is 3. The van der Waals surface area contributed by atoms with Gasteiger partial charge in [0.05, 0.1) is 36.0 Å². The second kappa shape index (κ2) is 14.3. The van der Waals surface area contributed by atoms with Crippen LogP contribution in [0.15, 0.2) is 124 Å². The van der Waals surface area contributed by atoms with E-state index in [1.54, 1.807) is 0 Å². The Morgan fingerprint density at radius 2 is 0.811 bits per heavy atom. The third-order valence-electron chi connectivity index (χ3n) is 5.60. The van der Waals surface area contributed by atoms with Crippen LogP contribution in [-0.2, 0) is 0 Å². The molecule has 4 aromatic rings. The fourth-order valence-corrected chi connectivity index (χ4v) is 3.49. The molecule has 0 radical (unpaired) electrons. The Hall–Kier alpha value is -4.32. The second-order valence-electron chi connectivity index (χ2n) is 8.67. The van der Waals surface area contributed by atoms with Crippen molar-refractivity contribution in [3.63, 3.8) is 0 Å². The molecule has 0 aliphatic rings. The van der Waals surface area contributed by atoms with Crippen LogP contribution < -0.4 is 9.47 Å². The maximum Gasteiger partial charge on any atom is 0.119 e. The van der Waals surface area contributed by atoms with Crippen molar-refractivity contribution < 1.29 is 9.47 Å². The Balaban J connectivity index is 1.06. The monoisotopic (exact) mass is 492 g/mol. The molecule has 0 bridgehead atoms. The molecular weight excluding hydrogens is 460 g/mol. The van der Waals surface area contributed by atoms with Crippen molar-refractivity contribution >= 4 is 22.7 Å². The minimum atomic E-state index is 0.698. The number of benzene rings is 4. The summed E-state index contributed by atoms with van der Waals surface area (Å²) in [7, 11) is 0. The molecule has 0 aliphatic carbocycles. The molecule has 0 atom stereocenters. The zero-order chi connectivity index (χ0) is 25.5. The lowest BCUT2D eigenvalue weighted by Gasteiger charge is -2.07. The van der Waals surface area contributed by atoms with Gasteiger partial charge in [0, 0.05) is 0 Å². The van der Waals surface area contributed by atoms with Gasteiger partial charge in [-0.2, -0.15) is 20.5 Å². The highest BCUT2D eigenvalue weighted by atomic mass is 16.5. The summed E-state index contributed by atoms with van der Waals surface area (Å²) in [5.74, 6) is 1.70. The molecule has 0 aromatic heterocycles. The Kier molecular flexibility index (Phi) is 9.95. The first-order valence-electron chi connectivity index (χ1n) is 12.7. The van der Waals surface area contributed by atoms with Crippen molar-refractivity contribution in [2.75, 3.05) is 13.2 Å². The van der Waals surface area contributed by atoms with Gasteiger partial charge in [0.1, 0.15) is 11.5 Å². The number of hydrogen-bond donors (Lipinski definition) is 0. The first-order valence-corrected chi connectivity index (χ1v) is 12.7. The van der Waals surface area contributed by atoms with Crippen LogP contribution in [-0.4, -0.2) is 13.2 Å². The van der Waals surface area contributed by atoms with E-state index >= 15 is 0 Å². The molecule has 0 unspecified atom stereocenters. The van der Waals surface area contributed by atoms with Crippen molar-refractivity contribution in [3.8, 4) is 11.5 Å². The lowest BCUT2D eigenvalue weighted by atomic mass is 10.2. The summed E-state index contributed by atoms with van der Waals surface area (Å²) in [5.41, 5.74) is 4.50. The van der Waals surface area contributed by atoms with Crippen LogP contribution in [0.2, 0.25) is 0 Å². The molecule has 188 valence electrons. The van der Waals surface area contributed by atoms with E-state index in [1.165, 1.54) is 5.56 Å². The SMILES string of the molecule is Cc1ccc(N=Nc2ccc(OCCCCCCOc3ccc(N=Nc4ccccc4)cc3)cc2)cc1. The molecule has 0 saturated carbocycles. The Morgan fingerprint density at radius 3 is 1.24 bits per heavy atom. The van der Waals surface area contributed by atoms with Crippen LogP contribution in [0.3, 0.4) is 0 Å². The Labute approximate surface area is 218 Å². The first kappa shape index (κ1) is 25.8. The third-order valence-corrected chi connectivity index (χ3v) is 5.60. The van der Waals surface area contributed by atoms with Crippen molar-refractivity contribution in [2.24, 2.45) is 20.5 Å². The Bertz CT molecular complexity index is 1250. The van der Waals surface area contributed by atoms with E-state index in [0.717, 1.165) is 59.9 Å². The van der Waals surface area contributed by atoms with Gasteiger partial charge in [0.2, 0.25) is 0 Å². The second-order valence-corrected chi connectivity index (χ2v) is 8.67. The number of hydrogen-bond acceptors (Lipinski definition) is 6. The van der Waals surface area contributed by atoms with Crippen LogP contribution in [0, 0.1) is 6.92 Å². The highest BCUT2D eigenvalue weighted by molar-refractivity contribution is 5.44. The van der Waals surface area contributed by atoms with Crippen LogP contribution >= 0.6 is 0 Å². The van der Waals surface area contributed by atoms with Gasteiger partial charge in [-0.25, -0.2) is 0 Å². The van der Waals surface area contributed by atoms with Gasteiger partial charge >= 0.3 is 0 Å². The molecule has 6 nitrogen and oxygen atoms in total. The van der Waals surface area contributed by atoms with Crippen molar-refractivity contribution in [1.29, 1.82) is 0 Å². The highest BCUT2D eigenvalue weighted by Crippen LogP contribution is 2.23. The number of azo groups is 2. The van der Waals surface area contributed by atoms with Crippen molar-refractivity contribution in [1.82, 2.24) is 0 Å². The molecule has 4 aromatic carbocycles. The van der Waals surface area contributed by atoms with Gasteiger partial charge in [-0.05, 0) is 105 Å². The van der Waals surface area contributed by atoms with E-state index < -0.39 is 0 Å². The molecular formula is C31H32N4O2.